The van der Waals surface area contributed by atoms with Crippen molar-refractivity contribution in [3.05, 3.63) is 114 Å². The van der Waals surface area contributed by atoms with Crippen LogP contribution < -0.4 is 0 Å². The topological polar surface area (TPSA) is 43.9 Å². The Labute approximate surface area is 240 Å². The van der Waals surface area contributed by atoms with Crippen molar-refractivity contribution in [2.24, 2.45) is 0 Å². The van der Waals surface area contributed by atoms with Crippen LogP contribution in [-0.2, 0) is 0 Å². The van der Waals surface area contributed by atoms with E-state index in [4.69, 9.17) is 9.40 Å². The molecule has 4 aromatic carbocycles. The van der Waals surface area contributed by atoms with Gasteiger partial charge in [0.25, 0.3) is 0 Å². The fourth-order valence-electron chi connectivity index (χ4n) is 6.01. The van der Waals surface area contributed by atoms with Crippen LogP contribution in [0.3, 0.4) is 0 Å². The van der Waals surface area contributed by atoms with E-state index in [2.05, 4.69) is 129 Å². The third-order valence-corrected chi connectivity index (χ3v) is 8.15. The second-order valence-corrected chi connectivity index (χ2v) is 11.6. The lowest BCUT2D eigenvalue weighted by Gasteiger charge is -2.22. The number of pyridine rings is 1. The Morgan fingerprint density at radius 2 is 1.44 bits per heavy atom. The van der Waals surface area contributed by atoms with E-state index >= 15 is 0 Å². The van der Waals surface area contributed by atoms with Gasteiger partial charge in [-0.1, -0.05) is 93.9 Å². The maximum Gasteiger partial charge on any atom is 0.149 e. The number of para-hydroxylation sites is 2. The number of hydrogen-bond acceptors (Lipinski definition) is 3. The third-order valence-electron chi connectivity index (χ3n) is 8.15. The van der Waals surface area contributed by atoms with Gasteiger partial charge in [0.05, 0.1) is 23.0 Å². The Hall–Kier alpha value is -4.70. The Bertz CT molecular complexity index is 2030. The predicted octanol–water partition coefficient (Wildman–Crippen LogP) is 10.2. The summed E-state index contributed by atoms with van der Waals surface area (Å²) in [5.74, 6) is 1.56. The summed E-state index contributed by atoms with van der Waals surface area (Å²) in [6.07, 6.45) is 3.71. The molecular formula is C37H33N3O. The van der Waals surface area contributed by atoms with E-state index in [0.29, 0.717) is 11.8 Å². The van der Waals surface area contributed by atoms with Gasteiger partial charge in [-0.3, -0.25) is 9.55 Å². The molecule has 202 valence electrons. The SMILES string of the molecule is Cc1ccc(-c2ccc3c(c2)oc2c(-c4nc5cnccc5n4-c4c(C(C)C)cccc4C(C)C)cccc23)cc1. The van der Waals surface area contributed by atoms with Crippen molar-refractivity contribution >= 4 is 33.0 Å². The van der Waals surface area contributed by atoms with Crippen LogP contribution >= 0.6 is 0 Å². The molecular weight excluding hydrogens is 502 g/mol. The van der Waals surface area contributed by atoms with Crippen LogP contribution in [0.2, 0.25) is 0 Å². The van der Waals surface area contributed by atoms with Gasteiger partial charge in [0.2, 0.25) is 0 Å². The number of furan rings is 1. The highest BCUT2D eigenvalue weighted by Crippen LogP contribution is 2.41. The summed E-state index contributed by atoms with van der Waals surface area (Å²) in [5, 5.41) is 2.19. The number of fused-ring (bicyclic) bond motifs is 4. The number of hydrogen-bond donors (Lipinski definition) is 0. The second kappa shape index (κ2) is 9.74. The minimum absolute atomic E-state index is 0.345. The second-order valence-electron chi connectivity index (χ2n) is 11.6. The largest absolute Gasteiger partial charge is 0.455 e. The van der Waals surface area contributed by atoms with Gasteiger partial charge in [0, 0.05) is 17.0 Å². The molecule has 0 atom stereocenters. The first kappa shape index (κ1) is 25.3. The quantitative estimate of drug-likeness (QED) is 0.220. The first-order chi connectivity index (χ1) is 19.9. The van der Waals surface area contributed by atoms with Gasteiger partial charge >= 0.3 is 0 Å². The van der Waals surface area contributed by atoms with E-state index in [1.807, 2.05) is 12.4 Å². The molecule has 4 heteroatoms. The summed E-state index contributed by atoms with van der Waals surface area (Å²) in [4.78, 5) is 9.61. The summed E-state index contributed by atoms with van der Waals surface area (Å²) in [7, 11) is 0. The van der Waals surface area contributed by atoms with Crippen molar-refractivity contribution in [3.8, 4) is 28.2 Å². The molecule has 0 saturated carbocycles. The fourth-order valence-corrected chi connectivity index (χ4v) is 6.01. The van der Waals surface area contributed by atoms with Crippen molar-refractivity contribution < 1.29 is 4.42 Å². The molecule has 0 aliphatic rings. The molecule has 0 spiro atoms. The highest BCUT2D eigenvalue weighted by atomic mass is 16.3. The standard InChI is InChI=1S/C37H33N3O/c1-22(2)27-8-6-9-28(23(3)4)35(27)40-33-18-19-38-21-32(33)39-37(40)31-11-7-10-30-29-17-16-26(20-34(29)41-36(30)31)25-14-12-24(5)13-15-25/h6-23H,1-5H3. The first-order valence-corrected chi connectivity index (χ1v) is 14.4. The maximum atomic E-state index is 6.70. The highest BCUT2D eigenvalue weighted by Gasteiger charge is 2.24. The van der Waals surface area contributed by atoms with Crippen molar-refractivity contribution in [3.63, 3.8) is 0 Å². The summed E-state index contributed by atoms with van der Waals surface area (Å²) in [6, 6.07) is 30.3. The smallest absolute Gasteiger partial charge is 0.149 e. The zero-order chi connectivity index (χ0) is 28.2. The lowest BCUT2D eigenvalue weighted by molar-refractivity contribution is 0.669. The van der Waals surface area contributed by atoms with Crippen LogP contribution in [0.25, 0.3) is 61.2 Å². The van der Waals surface area contributed by atoms with Crippen LogP contribution in [0, 0.1) is 6.92 Å². The molecule has 7 rings (SSSR count). The molecule has 0 fully saturated rings. The zero-order valence-electron chi connectivity index (χ0n) is 24.1. The van der Waals surface area contributed by atoms with E-state index in [0.717, 1.165) is 49.9 Å². The van der Waals surface area contributed by atoms with Crippen molar-refractivity contribution in [1.82, 2.24) is 14.5 Å². The molecule has 7 aromatic rings. The zero-order valence-corrected chi connectivity index (χ0v) is 24.1. The third kappa shape index (κ3) is 4.13. The van der Waals surface area contributed by atoms with Gasteiger partial charge in [-0.15, -0.1) is 0 Å². The molecule has 3 aromatic heterocycles. The van der Waals surface area contributed by atoms with Crippen molar-refractivity contribution in [2.45, 2.75) is 46.5 Å². The minimum atomic E-state index is 0.345. The summed E-state index contributed by atoms with van der Waals surface area (Å²) in [6.45, 7) is 11.1. The monoisotopic (exact) mass is 535 g/mol. The number of imidazole rings is 1. The number of benzene rings is 4. The molecule has 3 heterocycles. The normalized spacial score (nSPS) is 12.0. The van der Waals surface area contributed by atoms with Crippen molar-refractivity contribution in [2.75, 3.05) is 0 Å². The molecule has 0 N–H and O–H groups in total. The van der Waals surface area contributed by atoms with Gasteiger partial charge in [-0.2, -0.15) is 0 Å². The Kier molecular flexibility index (Phi) is 6.01. The number of nitrogens with zero attached hydrogens (tertiary/aromatic N) is 3. The lowest BCUT2D eigenvalue weighted by Crippen LogP contribution is -2.08. The number of aromatic nitrogens is 3. The minimum Gasteiger partial charge on any atom is -0.455 e. The van der Waals surface area contributed by atoms with Gasteiger partial charge < -0.3 is 4.42 Å². The molecule has 0 radical (unpaired) electrons. The van der Waals surface area contributed by atoms with Crippen LogP contribution in [0.15, 0.2) is 102 Å². The van der Waals surface area contributed by atoms with E-state index in [1.165, 1.54) is 27.9 Å². The molecule has 0 aliphatic heterocycles. The summed E-state index contributed by atoms with van der Waals surface area (Å²) in [5.41, 5.74) is 12.0. The van der Waals surface area contributed by atoms with Gasteiger partial charge in [0.1, 0.15) is 22.5 Å². The Morgan fingerprint density at radius 3 is 2.17 bits per heavy atom. The average Bonchev–Trinajstić information content (AvgIpc) is 3.55. The van der Waals surface area contributed by atoms with E-state index in [-0.39, 0.29) is 0 Å². The van der Waals surface area contributed by atoms with E-state index < -0.39 is 0 Å². The molecule has 0 unspecified atom stereocenters. The molecule has 0 amide bonds. The Balaban J connectivity index is 1.52. The van der Waals surface area contributed by atoms with Crippen LogP contribution in [0.4, 0.5) is 0 Å². The molecule has 41 heavy (non-hydrogen) atoms. The van der Waals surface area contributed by atoms with Crippen molar-refractivity contribution in [1.29, 1.82) is 0 Å². The molecule has 4 nitrogen and oxygen atoms in total. The molecule has 0 bridgehead atoms. The average molecular weight is 536 g/mol. The predicted molar refractivity (Wildman–Crippen MR) is 170 cm³/mol. The van der Waals surface area contributed by atoms with Gasteiger partial charge in [-0.05, 0) is 65.3 Å². The van der Waals surface area contributed by atoms with Crippen LogP contribution in [-0.4, -0.2) is 14.5 Å². The Morgan fingerprint density at radius 1 is 0.732 bits per heavy atom. The van der Waals surface area contributed by atoms with Crippen LogP contribution in [0.5, 0.6) is 0 Å². The summed E-state index contributed by atoms with van der Waals surface area (Å²) >= 11 is 0. The van der Waals surface area contributed by atoms with Gasteiger partial charge in [0.15, 0.2) is 0 Å². The fraction of sp³-hybridized carbons (Fsp3) is 0.189. The summed E-state index contributed by atoms with van der Waals surface area (Å²) < 4.78 is 9.03. The molecule has 0 aliphatic carbocycles. The van der Waals surface area contributed by atoms with Crippen LogP contribution in [0.1, 0.15) is 56.2 Å². The number of rotatable bonds is 5. The molecule has 0 saturated heterocycles. The van der Waals surface area contributed by atoms with Gasteiger partial charge in [-0.25, -0.2) is 4.98 Å². The first-order valence-electron chi connectivity index (χ1n) is 14.4. The highest BCUT2D eigenvalue weighted by molar-refractivity contribution is 6.10. The van der Waals surface area contributed by atoms with E-state index in [1.54, 1.807) is 0 Å². The maximum absolute atomic E-state index is 6.70. The van der Waals surface area contributed by atoms with E-state index in [9.17, 15) is 0 Å². The lowest BCUT2D eigenvalue weighted by atomic mass is 9.92. The number of aryl methyl sites for hydroxylation is 1.